The molecule has 0 fully saturated rings. The van der Waals surface area contributed by atoms with Gasteiger partial charge >= 0.3 is 5.97 Å². The fourth-order valence-electron chi connectivity index (χ4n) is 1.29. The molecule has 0 aliphatic heterocycles. The summed E-state index contributed by atoms with van der Waals surface area (Å²) < 4.78 is 0. The Kier molecular flexibility index (Phi) is 4.08. The molecule has 1 aromatic carbocycles. The minimum absolute atomic E-state index is 0.0907. The van der Waals surface area contributed by atoms with E-state index in [2.05, 4.69) is 5.32 Å². The van der Waals surface area contributed by atoms with Crippen LogP contribution in [0.15, 0.2) is 29.5 Å². The molecule has 0 unspecified atom stereocenters. The summed E-state index contributed by atoms with van der Waals surface area (Å²) in [4.78, 5) is 11.0. The van der Waals surface area contributed by atoms with Crippen LogP contribution in [-0.4, -0.2) is 16.2 Å². The Morgan fingerprint density at radius 2 is 1.79 bits per heavy atom. The van der Waals surface area contributed by atoms with Gasteiger partial charge in [-0.15, -0.1) is 0 Å². The molecule has 1 rings (SSSR count). The van der Waals surface area contributed by atoms with E-state index in [4.69, 9.17) is 20.9 Å². The molecule has 0 aliphatic rings. The predicted molar refractivity (Wildman–Crippen MR) is 62.6 cm³/mol. The molecule has 0 aromatic heterocycles. The van der Waals surface area contributed by atoms with E-state index in [0.29, 0.717) is 0 Å². The number of nitrogens with one attached hydrogen (secondary N) is 1. The molecule has 0 saturated carbocycles. The Morgan fingerprint density at radius 3 is 2.26 bits per heavy atom. The van der Waals surface area contributed by atoms with Crippen LogP contribution in [0, 0.1) is 34.0 Å². The van der Waals surface area contributed by atoms with Crippen molar-refractivity contribution in [2.24, 2.45) is 0 Å². The van der Waals surface area contributed by atoms with Crippen molar-refractivity contribution in [3.8, 4) is 24.0 Å². The number of benzene rings is 1. The van der Waals surface area contributed by atoms with Crippen molar-refractivity contribution in [2.45, 2.75) is 0 Å². The van der Waals surface area contributed by atoms with Gasteiger partial charge in [-0.1, -0.05) is 6.07 Å². The minimum Gasteiger partial charge on any atom is -0.507 e. The number of hydrogen-bond donors (Lipinski definition) is 3. The highest BCUT2D eigenvalue weighted by Gasteiger charge is 2.17. The number of nitriles is 3. The standard InChI is InChI=1S/C12H6N4O3/c13-4-7(5-14)9(6-15)16-8-2-1-3-10(17)11(8)12(18)19/h1-3,16-17H,(H,18,19). The number of carbonyl (C=O) groups is 1. The van der Waals surface area contributed by atoms with E-state index in [-0.39, 0.29) is 5.69 Å². The van der Waals surface area contributed by atoms with Crippen LogP contribution in [0.5, 0.6) is 5.75 Å². The van der Waals surface area contributed by atoms with Crippen LogP contribution in [0.3, 0.4) is 0 Å². The quantitative estimate of drug-likeness (QED) is 0.690. The molecule has 7 heteroatoms. The Hall–Kier alpha value is -3.50. The van der Waals surface area contributed by atoms with Gasteiger partial charge in [-0.25, -0.2) is 4.79 Å². The summed E-state index contributed by atoms with van der Waals surface area (Å²) in [7, 11) is 0. The second kappa shape index (κ2) is 5.72. The highest BCUT2D eigenvalue weighted by Crippen LogP contribution is 2.26. The average Bonchev–Trinajstić information content (AvgIpc) is 2.38. The SMILES string of the molecule is N#CC(C#N)=C(C#N)Nc1cccc(O)c1C(=O)O. The van der Waals surface area contributed by atoms with Gasteiger partial charge in [-0.3, -0.25) is 0 Å². The molecule has 0 spiro atoms. The molecule has 92 valence electrons. The lowest BCUT2D eigenvalue weighted by molar-refractivity contribution is 0.0695. The fraction of sp³-hybridized carbons (Fsp3) is 0. The maximum absolute atomic E-state index is 11.0. The van der Waals surface area contributed by atoms with E-state index < -0.39 is 28.6 Å². The fourth-order valence-corrected chi connectivity index (χ4v) is 1.29. The third-order valence-electron chi connectivity index (χ3n) is 2.10. The monoisotopic (exact) mass is 254 g/mol. The van der Waals surface area contributed by atoms with Crippen molar-refractivity contribution in [1.29, 1.82) is 15.8 Å². The lowest BCUT2D eigenvalue weighted by atomic mass is 10.1. The molecule has 0 atom stereocenters. The van der Waals surface area contributed by atoms with E-state index in [9.17, 15) is 9.90 Å². The van der Waals surface area contributed by atoms with Gasteiger partial charge < -0.3 is 15.5 Å². The van der Waals surface area contributed by atoms with Gasteiger partial charge in [0.25, 0.3) is 0 Å². The smallest absolute Gasteiger partial charge is 0.341 e. The van der Waals surface area contributed by atoms with Crippen LogP contribution in [0.2, 0.25) is 0 Å². The average molecular weight is 254 g/mol. The molecule has 0 aliphatic carbocycles. The van der Waals surface area contributed by atoms with Gasteiger partial charge in [0.1, 0.15) is 35.2 Å². The van der Waals surface area contributed by atoms with Crippen LogP contribution in [0.1, 0.15) is 10.4 Å². The summed E-state index contributed by atoms with van der Waals surface area (Å²) in [6, 6.07) is 8.43. The molecule has 0 heterocycles. The van der Waals surface area contributed by atoms with Crippen molar-refractivity contribution in [2.75, 3.05) is 5.32 Å². The zero-order chi connectivity index (χ0) is 14.4. The Balaban J connectivity index is 3.37. The zero-order valence-corrected chi connectivity index (χ0v) is 9.38. The lowest BCUT2D eigenvalue weighted by Crippen LogP contribution is -2.07. The number of allylic oxidation sites excluding steroid dienone is 2. The largest absolute Gasteiger partial charge is 0.507 e. The summed E-state index contributed by atoms with van der Waals surface area (Å²) in [5.41, 5.74) is -1.42. The van der Waals surface area contributed by atoms with E-state index in [1.54, 1.807) is 6.07 Å². The summed E-state index contributed by atoms with van der Waals surface area (Å²) in [6.45, 7) is 0. The zero-order valence-electron chi connectivity index (χ0n) is 9.38. The number of aromatic hydroxyl groups is 1. The van der Waals surface area contributed by atoms with Gasteiger partial charge in [0, 0.05) is 0 Å². The Bertz CT molecular complexity index is 670. The number of rotatable bonds is 3. The molecule has 0 amide bonds. The number of carboxylic acids is 1. The topological polar surface area (TPSA) is 141 Å². The van der Waals surface area contributed by atoms with Crippen LogP contribution >= 0.6 is 0 Å². The first kappa shape index (κ1) is 13.6. The number of anilines is 1. The normalized spacial score (nSPS) is 8.47. The van der Waals surface area contributed by atoms with Gasteiger partial charge in [-0.05, 0) is 12.1 Å². The molecular weight excluding hydrogens is 248 g/mol. The van der Waals surface area contributed by atoms with Crippen LogP contribution in [-0.2, 0) is 0 Å². The summed E-state index contributed by atoms with van der Waals surface area (Å²) >= 11 is 0. The maximum Gasteiger partial charge on any atom is 0.341 e. The molecule has 0 saturated heterocycles. The van der Waals surface area contributed by atoms with Crippen LogP contribution < -0.4 is 5.32 Å². The maximum atomic E-state index is 11.0. The molecule has 19 heavy (non-hydrogen) atoms. The minimum atomic E-state index is -1.41. The third kappa shape index (κ3) is 2.79. The van der Waals surface area contributed by atoms with Crippen molar-refractivity contribution in [1.82, 2.24) is 0 Å². The molecular formula is C12H6N4O3. The van der Waals surface area contributed by atoms with Gasteiger partial charge in [0.2, 0.25) is 0 Å². The number of phenols is 1. The Morgan fingerprint density at radius 1 is 1.16 bits per heavy atom. The van der Waals surface area contributed by atoms with E-state index in [1.807, 2.05) is 0 Å². The molecule has 7 nitrogen and oxygen atoms in total. The highest BCUT2D eigenvalue weighted by molar-refractivity contribution is 5.97. The summed E-state index contributed by atoms with van der Waals surface area (Å²) in [5, 5.41) is 46.9. The van der Waals surface area contributed by atoms with Crippen molar-refractivity contribution in [3.05, 3.63) is 35.0 Å². The number of carboxylic acid groups (broad SMARTS) is 1. The predicted octanol–water partition coefficient (Wildman–Crippen LogP) is 1.33. The number of aromatic carboxylic acids is 1. The second-order valence-electron chi connectivity index (χ2n) is 3.22. The first-order chi connectivity index (χ1) is 9.04. The lowest BCUT2D eigenvalue weighted by Gasteiger charge is -2.09. The molecule has 0 bridgehead atoms. The van der Waals surface area contributed by atoms with Gasteiger partial charge in [-0.2, -0.15) is 15.8 Å². The van der Waals surface area contributed by atoms with Crippen LogP contribution in [0.25, 0.3) is 0 Å². The van der Waals surface area contributed by atoms with Crippen LogP contribution in [0.4, 0.5) is 5.69 Å². The highest BCUT2D eigenvalue weighted by atomic mass is 16.4. The second-order valence-corrected chi connectivity index (χ2v) is 3.22. The summed E-state index contributed by atoms with van der Waals surface area (Å²) in [6.07, 6.45) is 0. The van der Waals surface area contributed by atoms with Crippen molar-refractivity contribution < 1.29 is 15.0 Å². The first-order valence-electron chi connectivity index (χ1n) is 4.82. The molecule has 0 radical (unpaired) electrons. The van der Waals surface area contributed by atoms with Crippen molar-refractivity contribution >= 4 is 11.7 Å². The summed E-state index contributed by atoms with van der Waals surface area (Å²) in [5.74, 6) is -1.90. The van der Waals surface area contributed by atoms with E-state index in [1.165, 1.54) is 30.3 Å². The molecule has 3 N–H and O–H groups in total. The van der Waals surface area contributed by atoms with Crippen molar-refractivity contribution in [3.63, 3.8) is 0 Å². The first-order valence-corrected chi connectivity index (χ1v) is 4.82. The third-order valence-corrected chi connectivity index (χ3v) is 2.10. The van der Waals surface area contributed by atoms with Gasteiger partial charge in [0.15, 0.2) is 5.57 Å². The van der Waals surface area contributed by atoms with E-state index >= 15 is 0 Å². The van der Waals surface area contributed by atoms with E-state index in [0.717, 1.165) is 0 Å². The van der Waals surface area contributed by atoms with Gasteiger partial charge in [0.05, 0.1) is 5.69 Å². The molecule has 1 aromatic rings. The Labute approximate surface area is 107 Å². The number of hydrogen-bond acceptors (Lipinski definition) is 6. The number of nitrogens with zero attached hydrogens (tertiary/aromatic N) is 3.